The fourth-order valence-corrected chi connectivity index (χ4v) is 1.66. The standard InChI is InChI=1S/C6H16N4O2S/c1-3-4-9-13(11,12)10(2)5-6(7)8/h9H,3-5H2,1-2H3,(H3,7,8). The minimum absolute atomic E-state index is 0.0843. The molecule has 0 aromatic heterocycles. The molecule has 0 unspecified atom stereocenters. The molecule has 78 valence electrons. The van der Waals surface area contributed by atoms with E-state index < -0.39 is 10.2 Å². The van der Waals surface area contributed by atoms with Crippen LogP contribution in [-0.4, -0.2) is 38.7 Å². The van der Waals surface area contributed by atoms with E-state index in [4.69, 9.17) is 11.1 Å². The molecule has 6 nitrogen and oxygen atoms in total. The second-order valence-electron chi connectivity index (χ2n) is 2.68. The lowest BCUT2D eigenvalue weighted by Crippen LogP contribution is -2.42. The third-order valence-corrected chi connectivity index (χ3v) is 2.86. The van der Waals surface area contributed by atoms with Crippen LogP contribution in [0.15, 0.2) is 0 Å². The van der Waals surface area contributed by atoms with Gasteiger partial charge in [0.15, 0.2) is 0 Å². The third-order valence-electron chi connectivity index (χ3n) is 1.34. The van der Waals surface area contributed by atoms with Gasteiger partial charge in [0.05, 0.1) is 6.54 Å². The van der Waals surface area contributed by atoms with Gasteiger partial charge in [-0.2, -0.15) is 12.7 Å². The zero-order chi connectivity index (χ0) is 10.5. The molecule has 0 aliphatic carbocycles. The Morgan fingerprint density at radius 2 is 2.15 bits per heavy atom. The molecule has 0 bridgehead atoms. The topological polar surface area (TPSA) is 99.3 Å². The van der Waals surface area contributed by atoms with Crippen molar-refractivity contribution in [2.24, 2.45) is 5.73 Å². The van der Waals surface area contributed by atoms with Gasteiger partial charge in [-0.1, -0.05) is 6.92 Å². The van der Waals surface area contributed by atoms with Crippen LogP contribution in [0.25, 0.3) is 0 Å². The van der Waals surface area contributed by atoms with Gasteiger partial charge >= 0.3 is 0 Å². The van der Waals surface area contributed by atoms with Crippen LogP contribution < -0.4 is 10.5 Å². The molecule has 0 spiro atoms. The first-order valence-electron chi connectivity index (χ1n) is 3.94. The van der Waals surface area contributed by atoms with Gasteiger partial charge in [0.2, 0.25) is 0 Å². The highest BCUT2D eigenvalue weighted by atomic mass is 32.2. The molecule has 0 fully saturated rings. The lowest BCUT2D eigenvalue weighted by Gasteiger charge is -2.16. The highest BCUT2D eigenvalue weighted by Crippen LogP contribution is 1.92. The first-order valence-corrected chi connectivity index (χ1v) is 5.38. The van der Waals surface area contributed by atoms with E-state index in [9.17, 15) is 8.42 Å². The summed E-state index contributed by atoms with van der Waals surface area (Å²) in [4.78, 5) is 0. The van der Waals surface area contributed by atoms with Crippen LogP contribution >= 0.6 is 0 Å². The maximum absolute atomic E-state index is 11.3. The van der Waals surface area contributed by atoms with Gasteiger partial charge in [0.25, 0.3) is 10.2 Å². The van der Waals surface area contributed by atoms with Gasteiger partial charge < -0.3 is 5.73 Å². The Morgan fingerprint density at radius 1 is 1.62 bits per heavy atom. The van der Waals surface area contributed by atoms with Crippen LogP contribution in [0.1, 0.15) is 13.3 Å². The summed E-state index contributed by atoms with van der Waals surface area (Å²) in [6.45, 7) is 2.18. The molecule has 0 saturated carbocycles. The first-order chi connectivity index (χ1) is 5.90. The number of likely N-dealkylation sites (N-methyl/N-ethyl adjacent to an activating group) is 1. The molecule has 0 amide bonds. The highest BCUT2D eigenvalue weighted by Gasteiger charge is 2.16. The minimum Gasteiger partial charge on any atom is -0.387 e. The average molecular weight is 208 g/mol. The Labute approximate surface area is 78.8 Å². The molecule has 0 aliphatic heterocycles. The lowest BCUT2D eigenvalue weighted by atomic mass is 10.5. The molecule has 13 heavy (non-hydrogen) atoms. The number of nitrogens with one attached hydrogen (secondary N) is 2. The number of rotatable bonds is 6. The van der Waals surface area contributed by atoms with E-state index in [1.165, 1.54) is 7.05 Å². The Bertz CT molecular complexity index is 262. The van der Waals surface area contributed by atoms with E-state index in [-0.39, 0.29) is 12.4 Å². The van der Waals surface area contributed by atoms with Gasteiger partial charge in [-0.25, -0.2) is 4.72 Å². The smallest absolute Gasteiger partial charge is 0.279 e. The van der Waals surface area contributed by atoms with Crippen molar-refractivity contribution in [1.29, 1.82) is 5.41 Å². The van der Waals surface area contributed by atoms with Crippen LogP contribution in [0.2, 0.25) is 0 Å². The van der Waals surface area contributed by atoms with Crippen LogP contribution in [0.4, 0.5) is 0 Å². The number of nitrogens with two attached hydrogens (primary N) is 1. The summed E-state index contributed by atoms with van der Waals surface area (Å²) in [7, 11) is -2.08. The zero-order valence-electron chi connectivity index (χ0n) is 7.87. The molecule has 0 radical (unpaired) electrons. The van der Waals surface area contributed by atoms with Gasteiger partial charge in [-0.15, -0.1) is 0 Å². The maximum atomic E-state index is 11.3. The van der Waals surface area contributed by atoms with Gasteiger partial charge in [0.1, 0.15) is 5.84 Å². The highest BCUT2D eigenvalue weighted by molar-refractivity contribution is 7.87. The first kappa shape index (κ1) is 12.3. The van der Waals surface area contributed by atoms with Crippen LogP contribution in [0.3, 0.4) is 0 Å². The summed E-state index contributed by atoms with van der Waals surface area (Å²) < 4.78 is 25.9. The predicted molar refractivity (Wildman–Crippen MR) is 51.8 cm³/mol. The van der Waals surface area contributed by atoms with Crippen LogP contribution in [-0.2, 0) is 10.2 Å². The molecular formula is C6H16N4O2S. The molecule has 4 N–H and O–H groups in total. The summed E-state index contributed by atoms with van der Waals surface area (Å²) in [6, 6.07) is 0. The Kier molecular flexibility index (Phi) is 4.89. The van der Waals surface area contributed by atoms with E-state index in [1.807, 2.05) is 6.92 Å². The molecule has 0 aromatic carbocycles. The quantitative estimate of drug-likeness (QED) is 0.389. The molecule has 0 atom stereocenters. The number of nitrogens with zero attached hydrogens (tertiary/aromatic N) is 1. The van der Waals surface area contributed by atoms with Crippen molar-refractivity contribution in [3.63, 3.8) is 0 Å². The minimum atomic E-state index is -3.45. The summed E-state index contributed by atoms with van der Waals surface area (Å²) in [5.41, 5.74) is 5.07. The Balaban J connectivity index is 4.20. The van der Waals surface area contributed by atoms with E-state index >= 15 is 0 Å². The van der Waals surface area contributed by atoms with Crippen molar-refractivity contribution >= 4 is 16.0 Å². The van der Waals surface area contributed by atoms with Gasteiger partial charge in [-0.3, -0.25) is 5.41 Å². The van der Waals surface area contributed by atoms with Crippen molar-refractivity contribution in [3.8, 4) is 0 Å². The van der Waals surface area contributed by atoms with Crippen molar-refractivity contribution < 1.29 is 8.42 Å². The lowest BCUT2D eigenvalue weighted by molar-refractivity contribution is 0.490. The number of hydrogen-bond donors (Lipinski definition) is 3. The summed E-state index contributed by atoms with van der Waals surface area (Å²) in [5, 5.41) is 6.93. The largest absolute Gasteiger partial charge is 0.387 e. The summed E-state index contributed by atoms with van der Waals surface area (Å²) >= 11 is 0. The van der Waals surface area contributed by atoms with Crippen molar-refractivity contribution in [2.45, 2.75) is 13.3 Å². The van der Waals surface area contributed by atoms with E-state index in [2.05, 4.69) is 4.72 Å². The van der Waals surface area contributed by atoms with E-state index in [1.54, 1.807) is 0 Å². The molecule has 0 rings (SSSR count). The molecule has 7 heteroatoms. The molecule has 0 saturated heterocycles. The summed E-state index contributed by atoms with van der Waals surface area (Å²) in [6.07, 6.45) is 0.729. The Morgan fingerprint density at radius 3 is 2.54 bits per heavy atom. The molecular weight excluding hydrogens is 192 g/mol. The van der Waals surface area contributed by atoms with Crippen molar-refractivity contribution in [2.75, 3.05) is 20.1 Å². The van der Waals surface area contributed by atoms with E-state index in [0.717, 1.165) is 10.7 Å². The normalized spacial score (nSPS) is 11.9. The van der Waals surface area contributed by atoms with Crippen LogP contribution in [0.5, 0.6) is 0 Å². The van der Waals surface area contributed by atoms with Gasteiger partial charge in [-0.05, 0) is 6.42 Å². The third kappa shape index (κ3) is 4.81. The number of hydrogen-bond acceptors (Lipinski definition) is 3. The van der Waals surface area contributed by atoms with E-state index in [0.29, 0.717) is 6.54 Å². The fourth-order valence-electron chi connectivity index (χ4n) is 0.666. The second kappa shape index (κ2) is 5.15. The fraction of sp³-hybridized carbons (Fsp3) is 0.833. The number of amidine groups is 1. The predicted octanol–water partition coefficient (Wildman–Crippen LogP) is -0.901. The molecule has 0 heterocycles. The molecule has 0 aromatic rings. The second-order valence-corrected chi connectivity index (χ2v) is 4.54. The maximum Gasteiger partial charge on any atom is 0.279 e. The van der Waals surface area contributed by atoms with Crippen molar-refractivity contribution in [1.82, 2.24) is 9.03 Å². The zero-order valence-corrected chi connectivity index (χ0v) is 8.69. The SMILES string of the molecule is CCCNS(=O)(=O)N(C)CC(=N)N. The van der Waals surface area contributed by atoms with Gasteiger partial charge in [0, 0.05) is 13.6 Å². The monoisotopic (exact) mass is 208 g/mol. The van der Waals surface area contributed by atoms with Crippen LogP contribution in [0, 0.1) is 5.41 Å². The Hall–Kier alpha value is -0.660. The summed E-state index contributed by atoms with van der Waals surface area (Å²) in [5.74, 6) is -0.177. The van der Waals surface area contributed by atoms with Crippen molar-refractivity contribution in [3.05, 3.63) is 0 Å². The average Bonchev–Trinajstić information content (AvgIpc) is 1.99. The molecule has 0 aliphatic rings.